The van der Waals surface area contributed by atoms with Crippen LogP contribution >= 0.6 is 0 Å². The van der Waals surface area contributed by atoms with Crippen LogP contribution in [0, 0.1) is 0 Å². The molecule has 0 fully saturated rings. The van der Waals surface area contributed by atoms with Crippen molar-refractivity contribution >= 4 is 10.8 Å². The molecule has 0 atom stereocenters. The van der Waals surface area contributed by atoms with E-state index in [2.05, 4.69) is 18.2 Å². The van der Waals surface area contributed by atoms with Crippen LogP contribution in [0.15, 0.2) is 42.5 Å². The molecule has 0 saturated carbocycles. The van der Waals surface area contributed by atoms with Crippen molar-refractivity contribution in [2.75, 3.05) is 0 Å². The van der Waals surface area contributed by atoms with E-state index in [0.29, 0.717) is 12.8 Å². The summed E-state index contributed by atoms with van der Waals surface area (Å²) in [6, 6.07) is 14.2. The zero-order valence-corrected chi connectivity index (χ0v) is 11.3. The number of halogens is 2. The van der Waals surface area contributed by atoms with Crippen LogP contribution < -0.4 is 0 Å². The van der Waals surface area contributed by atoms with Crippen LogP contribution in [0.25, 0.3) is 10.8 Å². The van der Waals surface area contributed by atoms with E-state index in [1.165, 1.54) is 16.3 Å². The molecule has 0 heterocycles. The summed E-state index contributed by atoms with van der Waals surface area (Å²) in [4.78, 5) is 0. The van der Waals surface area contributed by atoms with Gasteiger partial charge < -0.3 is 0 Å². The summed E-state index contributed by atoms with van der Waals surface area (Å²) >= 11 is 0. The molecular formula is C17H20F2. The lowest BCUT2D eigenvalue weighted by molar-refractivity contribution is -0.0183. The Morgan fingerprint density at radius 2 is 1.68 bits per heavy atom. The van der Waals surface area contributed by atoms with Crippen LogP contribution in [0.2, 0.25) is 0 Å². The van der Waals surface area contributed by atoms with Gasteiger partial charge in [-0.15, -0.1) is 0 Å². The average Bonchev–Trinajstić information content (AvgIpc) is 2.39. The highest BCUT2D eigenvalue weighted by molar-refractivity contribution is 5.85. The highest BCUT2D eigenvalue weighted by Crippen LogP contribution is 2.28. The van der Waals surface area contributed by atoms with Gasteiger partial charge in [0.25, 0.3) is 0 Å². The lowest BCUT2D eigenvalue weighted by Crippen LogP contribution is -2.15. The molecule has 0 unspecified atom stereocenters. The maximum Gasteiger partial charge on any atom is 0.248 e. The van der Waals surface area contributed by atoms with Gasteiger partial charge in [-0.2, -0.15) is 0 Å². The average molecular weight is 262 g/mol. The lowest BCUT2D eigenvalue weighted by Gasteiger charge is -2.15. The minimum atomic E-state index is -2.50. The molecule has 0 radical (unpaired) electrons. The summed E-state index contributed by atoms with van der Waals surface area (Å²) in [5.41, 5.74) is 1.17. The van der Waals surface area contributed by atoms with Crippen LogP contribution in [0.1, 0.15) is 38.2 Å². The first-order valence-electron chi connectivity index (χ1n) is 6.97. The topological polar surface area (TPSA) is 0 Å². The van der Waals surface area contributed by atoms with Crippen LogP contribution in [-0.2, 0) is 6.42 Å². The number of aryl methyl sites for hydroxylation is 1. The predicted octanol–water partition coefficient (Wildman–Crippen LogP) is 5.60. The van der Waals surface area contributed by atoms with Crippen molar-refractivity contribution < 1.29 is 8.78 Å². The molecule has 0 spiro atoms. The van der Waals surface area contributed by atoms with E-state index in [9.17, 15) is 8.78 Å². The van der Waals surface area contributed by atoms with Crippen molar-refractivity contribution in [3.63, 3.8) is 0 Å². The number of alkyl halides is 2. The molecule has 2 rings (SSSR count). The van der Waals surface area contributed by atoms with Crippen molar-refractivity contribution in [1.82, 2.24) is 0 Å². The Balaban J connectivity index is 2.02. The minimum Gasteiger partial charge on any atom is -0.207 e. The van der Waals surface area contributed by atoms with Gasteiger partial charge in [-0.1, -0.05) is 55.8 Å². The molecule has 0 aromatic heterocycles. The Morgan fingerprint density at radius 3 is 2.47 bits per heavy atom. The molecule has 2 heteroatoms. The van der Waals surface area contributed by atoms with E-state index < -0.39 is 5.92 Å². The Kier molecular flexibility index (Phi) is 4.52. The molecule has 0 aliphatic rings. The molecule has 2 aromatic carbocycles. The fraction of sp³-hybridized carbons (Fsp3) is 0.412. The second kappa shape index (κ2) is 6.14. The van der Waals surface area contributed by atoms with Gasteiger partial charge in [0, 0.05) is 12.8 Å². The van der Waals surface area contributed by atoms with Crippen molar-refractivity contribution in [2.45, 2.75) is 45.0 Å². The van der Waals surface area contributed by atoms with Crippen molar-refractivity contribution in [1.29, 1.82) is 0 Å². The smallest absolute Gasteiger partial charge is 0.207 e. The van der Waals surface area contributed by atoms with E-state index in [4.69, 9.17) is 0 Å². The first-order valence-corrected chi connectivity index (χ1v) is 6.97. The van der Waals surface area contributed by atoms with Gasteiger partial charge in [-0.25, -0.2) is 8.78 Å². The molecule has 2 aromatic rings. The van der Waals surface area contributed by atoms with E-state index in [1.54, 1.807) is 6.92 Å². The standard InChI is InChI=1S/C17H20F2/c1-2-12-17(18,19)13-6-10-15-9-5-8-14-7-3-4-11-16(14)15/h3-5,7-9,11H,2,6,10,12-13H2,1H3. The van der Waals surface area contributed by atoms with E-state index >= 15 is 0 Å². The molecule has 0 saturated heterocycles. The number of rotatable bonds is 6. The fourth-order valence-corrected chi connectivity index (χ4v) is 2.54. The molecular weight excluding hydrogens is 242 g/mol. The van der Waals surface area contributed by atoms with Gasteiger partial charge in [0.2, 0.25) is 5.92 Å². The molecule has 0 N–H and O–H groups in total. The third-order valence-corrected chi connectivity index (χ3v) is 3.48. The minimum absolute atomic E-state index is 0.00252. The maximum absolute atomic E-state index is 13.4. The second-order valence-electron chi connectivity index (χ2n) is 5.10. The van der Waals surface area contributed by atoms with Gasteiger partial charge in [0.05, 0.1) is 0 Å². The van der Waals surface area contributed by atoms with Gasteiger partial charge >= 0.3 is 0 Å². The van der Waals surface area contributed by atoms with Crippen LogP contribution in [-0.4, -0.2) is 5.92 Å². The first kappa shape index (κ1) is 14.0. The van der Waals surface area contributed by atoms with Crippen molar-refractivity contribution in [3.8, 4) is 0 Å². The van der Waals surface area contributed by atoms with E-state index in [-0.39, 0.29) is 12.8 Å². The Bertz CT molecular complexity index is 526. The zero-order valence-electron chi connectivity index (χ0n) is 11.3. The summed E-state index contributed by atoms with van der Waals surface area (Å²) in [7, 11) is 0. The van der Waals surface area contributed by atoms with Gasteiger partial charge in [-0.3, -0.25) is 0 Å². The van der Waals surface area contributed by atoms with Gasteiger partial charge in [0.15, 0.2) is 0 Å². The largest absolute Gasteiger partial charge is 0.248 e. The molecule has 19 heavy (non-hydrogen) atoms. The SMILES string of the molecule is CCCC(F)(F)CCCc1cccc2ccccc12. The van der Waals surface area contributed by atoms with E-state index in [1.807, 2.05) is 24.3 Å². The number of hydrogen-bond acceptors (Lipinski definition) is 0. The molecule has 0 aliphatic carbocycles. The summed E-state index contributed by atoms with van der Waals surface area (Å²) < 4.78 is 26.9. The normalized spacial score (nSPS) is 11.9. The molecule has 0 amide bonds. The van der Waals surface area contributed by atoms with Gasteiger partial charge in [-0.05, 0) is 29.2 Å². The summed E-state index contributed by atoms with van der Waals surface area (Å²) in [5, 5.41) is 2.36. The van der Waals surface area contributed by atoms with Crippen LogP contribution in [0.3, 0.4) is 0 Å². The molecule has 0 bridgehead atoms. The Morgan fingerprint density at radius 1 is 0.947 bits per heavy atom. The summed E-state index contributed by atoms with van der Waals surface area (Å²) in [6.45, 7) is 1.80. The van der Waals surface area contributed by atoms with Crippen molar-refractivity contribution in [2.24, 2.45) is 0 Å². The highest BCUT2D eigenvalue weighted by atomic mass is 19.3. The number of hydrogen-bond donors (Lipinski definition) is 0. The quantitative estimate of drug-likeness (QED) is 0.635. The van der Waals surface area contributed by atoms with E-state index in [0.717, 1.165) is 6.42 Å². The highest BCUT2D eigenvalue weighted by Gasteiger charge is 2.26. The Hall–Kier alpha value is -1.44. The predicted molar refractivity (Wildman–Crippen MR) is 76.7 cm³/mol. The van der Waals surface area contributed by atoms with Gasteiger partial charge in [0.1, 0.15) is 0 Å². The number of fused-ring (bicyclic) bond motifs is 1. The van der Waals surface area contributed by atoms with Crippen molar-refractivity contribution in [3.05, 3.63) is 48.0 Å². The summed E-state index contributed by atoms with van der Waals surface area (Å²) in [5.74, 6) is -2.50. The van der Waals surface area contributed by atoms with Crippen LogP contribution in [0.4, 0.5) is 8.78 Å². The fourth-order valence-electron chi connectivity index (χ4n) is 2.54. The second-order valence-corrected chi connectivity index (χ2v) is 5.10. The molecule has 0 nitrogen and oxygen atoms in total. The first-order chi connectivity index (χ1) is 9.12. The summed E-state index contributed by atoms with van der Waals surface area (Å²) in [6.07, 6.45) is 1.80. The molecule has 0 aliphatic heterocycles. The molecule has 102 valence electrons. The number of benzene rings is 2. The lowest BCUT2D eigenvalue weighted by atomic mass is 9.98. The third kappa shape index (κ3) is 3.76. The monoisotopic (exact) mass is 262 g/mol. The Labute approximate surface area is 113 Å². The zero-order chi connectivity index (χ0) is 13.7. The van der Waals surface area contributed by atoms with Crippen LogP contribution in [0.5, 0.6) is 0 Å². The third-order valence-electron chi connectivity index (χ3n) is 3.48. The maximum atomic E-state index is 13.4.